The molecule has 0 bridgehead atoms. The van der Waals surface area contributed by atoms with Crippen molar-refractivity contribution in [3.8, 4) is 6.07 Å². The third-order valence-electron chi connectivity index (χ3n) is 1.60. The molecule has 0 aliphatic carbocycles. The Morgan fingerprint density at radius 1 is 1.53 bits per heavy atom. The van der Waals surface area contributed by atoms with E-state index in [4.69, 9.17) is 10.00 Å². The van der Waals surface area contributed by atoms with E-state index < -0.39 is 0 Å². The van der Waals surface area contributed by atoms with Crippen molar-refractivity contribution in [3.63, 3.8) is 0 Å². The first kappa shape index (κ1) is 14.5. The number of rotatable bonds is 5. The van der Waals surface area contributed by atoms with Crippen molar-refractivity contribution in [1.29, 1.82) is 5.26 Å². The molecule has 1 aromatic carbocycles. The van der Waals surface area contributed by atoms with E-state index in [2.05, 4.69) is 16.9 Å². The van der Waals surface area contributed by atoms with Gasteiger partial charge < -0.3 is 15.6 Å². The molecule has 4 nitrogen and oxygen atoms in total. The third-order valence-corrected chi connectivity index (χ3v) is 1.60. The first-order valence-corrected chi connectivity index (χ1v) is 4.29. The molecule has 1 aromatic rings. The van der Waals surface area contributed by atoms with Crippen molar-refractivity contribution in [2.75, 3.05) is 20.3 Å². The van der Waals surface area contributed by atoms with Gasteiger partial charge in [0, 0.05) is 46.4 Å². The average molecular weight is 279 g/mol. The summed E-state index contributed by atoms with van der Waals surface area (Å²) in [5, 5.41) is 8.64. The molecule has 0 aromatic heterocycles. The second-order valence-corrected chi connectivity index (χ2v) is 2.67. The van der Waals surface area contributed by atoms with E-state index in [1.165, 1.54) is 0 Å². The number of hydrogen-bond acceptors (Lipinski definition) is 3. The van der Waals surface area contributed by atoms with Crippen LogP contribution in [0.5, 0.6) is 0 Å². The number of benzene rings is 1. The molecule has 0 aliphatic heterocycles. The van der Waals surface area contributed by atoms with Crippen LogP contribution in [0.15, 0.2) is 24.3 Å². The summed E-state index contributed by atoms with van der Waals surface area (Å²) in [6.45, 7) is 1.27. The number of nitriles is 1. The average Bonchev–Trinajstić information content (AvgIpc) is 2.25. The van der Waals surface area contributed by atoms with Crippen LogP contribution in [0.3, 0.4) is 0 Å². The molecule has 0 saturated carbocycles. The molecule has 0 heterocycles. The molecule has 15 heavy (non-hydrogen) atoms. The largest absolute Gasteiger partial charge is 0.622 e. The van der Waals surface area contributed by atoms with E-state index in [-0.39, 0.29) is 32.7 Å². The van der Waals surface area contributed by atoms with Gasteiger partial charge in [0.15, 0.2) is 0 Å². The van der Waals surface area contributed by atoms with E-state index in [1.54, 1.807) is 25.3 Å². The zero-order valence-corrected chi connectivity index (χ0v) is 11.4. The molecule has 1 rings (SSSR count). The molecule has 0 amide bonds. The first-order valence-electron chi connectivity index (χ1n) is 4.29. The number of nitrogens with one attached hydrogen (secondary N) is 1. The maximum Gasteiger partial charge on any atom is 0.0991 e. The zero-order valence-electron chi connectivity index (χ0n) is 8.60. The van der Waals surface area contributed by atoms with E-state index >= 15 is 0 Å². The molecule has 5 heteroatoms. The van der Waals surface area contributed by atoms with Gasteiger partial charge in [-0.25, -0.2) is 0 Å². The topological polar surface area (TPSA) is 59.1 Å². The number of nitrogens with zero attached hydrogens (tertiary/aromatic N) is 2. The predicted octanol–water partition coefficient (Wildman–Crippen LogP) is 1.71. The minimum Gasteiger partial charge on any atom is -0.622 e. The quantitative estimate of drug-likeness (QED) is 0.659. The van der Waals surface area contributed by atoms with Gasteiger partial charge in [-0.1, -0.05) is 18.2 Å². The summed E-state index contributed by atoms with van der Waals surface area (Å²) in [5.74, 6) is 0. The Labute approximate surface area is 115 Å². The van der Waals surface area contributed by atoms with Crippen molar-refractivity contribution in [2.24, 2.45) is 0 Å². The van der Waals surface area contributed by atoms with Crippen LogP contribution in [-0.2, 0) is 37.4 Å². The van der Waals surface area contributed by atoms with Crippen molar-refractivity contribution in [2.45, 2.75) is 0 Å². The zero-order chi connectivity index (χ0) is 10.2. The summed E-state index contributed by atoms with van der Waals surface area (Å²) in [4.78, 5) is 0. The van der Waals surface area contributed by atoms with Gasteiger partial charge >= 0.3 is 0 Å². The van der Waals surface area contributed by atoms with Crippen LogP contribution in [0.25, 0.3) is 5.43 Å². The van der Waals surface area contributed by atoms with Gasteiger partial charge in [0.2, 0.25) is 0 Å². The van der Waals surface area contributed by atoms with Gasteiger partial charge in [-0.15, -0.1) is 5.69 Å². The Morgan fingerprint density at radius 2 is 2.33 bits per heavy atom. The number of ether oxygens (including phenoxy) is 1. The van der Waals surface area contributed by atoms with Gasteiger partial charge in [-0.3, -0.25) is 0 Å². The van der Waals surface area contributed by atoms with Gasteiger partial charge in [-0.05, 0) is 6.07 Å². The summed E-state index contributed by atoms with van der Waals surface area (Å²) < 4.78 is 4.85. The Balaban J connectivity index is 0.00000196. The van der Waals surface area contributed by atoms with Crippen LogP contribution < -0.4 is 5.43 Å². The molecular weight excluding hydrogens is 267 g/mol. The van der Waals surface area contributed by atoms with Crippen LogP contribution in [0, 0.1) is 11.3 Å². The van der Waals surface area contributed by atoms with Crippen molar-refractivity contribution in [1.82, 2.24) is 5.43 Å². The molecular formula is C10H12N3OY-. The molecule has 0 aliphatic rings. The molecule has 0 atom stereocenters. The van der Waals surface area contributed by atoms with Crippen LogP contribution in [0.1, 0.15) is 5.56 Å². The van der Waals surface area contributed by atoms with E-state index in [0.717, 1.165) is 5.69 Å². The summed E-state index contributed by atoms with van der Waals surface area (Å²) in [5.41, 5.74) is 8.28. The van der Waals surface area contributed by atoms with E-state index in [9.17, 15) is 0 Å². The van der Waals surface area contributed by atoms with Crippen molar-refractivity contribution in [3.05, 3.63) is 35.3 Å². The predicted molar refractivity (Wildman–Crippen MR) is 54.1 cm³/mol. The van der Waals surface area contributed by atoms with Gasteiger partial charge in [0.1, 0.15) is 0 Å². The number of methoxy groups -OCH3 is 1. The SMILES string of the molecule is COCCN[N-]c1cccc(C#N)c1.[Y]. The van der Waals surface area contributed by atoms with Gasteiger partial charge in [0.25, 0.3) is 0 Å². The fourth-order valence-electron chi connectivity index (χ4n) is 0.940. The molecule has 0 saturated heterocycles. The van der Waals surface area contributed by atoms with Gasteiger partial charge in [0.05, 0.1) is 18.2 Å². The molecule has 1 N–H and O–H groups in total. The number of hydrogen-bond donors (Lipinski definition) is 1. The molecule has 0 spiro atoms. The van der Waals surface area contributed by atoms with Crippen LogP contribution in [0.4, 0.5) is 5.69 Å². The van der Waals surface area contributed by atoms with Crippen LogP contribution >= 0.6 is 0 Å². The monoisotopic (exact) mass is 279 g/mol. The van der Waals surface area contributed by atoms with Gasteiger partial charge in [-0.2, -0.15) is 5.26 Å². The fraction of sp³-hybridized carbons (Fsp3) is 0.300. The minimum atomic E-state index is 0. The fourth-order valence-corrected chi connectivity index (χ4v) is 0.940. The molecule has 0 unspecified atom stereocenters. The Morgan fingerprint density at radius 3 is 3.00 bits per heavy atom. The van der Waals surface area contributed by atoms with E-state index in [0.29, 0.717) is 18.7 Å². The standard InChI is InChI=1S/C10H12N3O.Y/c1-14-6-5-12-13-10-4-2-3-9(7-10)8-11;/h2-4,7,12H,5-6H2,1H3;/q-1;. The Hall–Kier alpha value is -0.466. The summed E-state index contributed by atoms with van der Waals surface area (Å²) in [6.07, 6.45) is 0. The maximum absolute atomic E-state index is 8.64. The smallest absolute Gasteiger partial charge is 0.0991 e. The maximum atomic E-state index is 8.64. The second-order valence-electron chi connectivity index (χ2n) is 2.67. The van der Waals surface area contributed by atoms with E-state index in [1.807, 2.05) is 6.07 Å². The minimum absolute atomic E-state index is 0. The van der Waals surface area contributed by atoms with Crippen LogP contribution in [0.2, 0.25) is 0 Å². The van der Waals surface area contributed by atoms with Crippen molar-refractivity contribution >= 4 is 5.69 Å². The first-order chi connectivity index (χ1) is 6.86. The Kier molecular flexibility index (Phi) is 8.54. The molecule has 1 radical (unpaired) electrons. The normalized spacial score (nSPS) is 8.80. The molecule has 77 valence electrons. The third kappa shape index (κ3) is 5.86. The molecule has 0 fully saturated rings. The second kappa shape index (κ2) is 8.81. The van der Waals surface area contributed by atoms with Crippen molar-refractivity contribution < 1.29 is 37.4 Å². The summed E-state index contributed by atoms with van der Waals surface area (Å²) >= 11 is 0. The summed E-state index contributed by atoms with van der Waals surface area (Å²) in [7, 11) is 1.64. The Bertz CT molecular complexity index is 325. The van der Waals surface area contributed by atoms with Crippen LogP contribution in [-0.4, -0.2) is 20.3 Å². The summed E-state index contributed by atoms with van der Waals surface area (Å²) in [6, 6.07) is 9.16.